The molecule has 0 bridgehead atoms. The highest BCUT2D eigenvalue weighted by Crippen LogP contribution is 2.32. The van der Waals surface area contributed by atoms with E-state index in [1.807, 2.05) is 19.9 Å². The van der Waals surface area contributed by atoms with E-state index in [1.54, 1.807) is 54.3 Å². The Hall–Kier alpha value is -4.43. The molecule has 2 N–H and O–H groups in total. The van der Waals surface area contributed by atoms with E-state index in [4.69, 9.17) is 23.9 Å². The van der Waals surface area contributed by atoms with E-state index < -0.39 is 17.7 Å². The molecule has 0 radical (unpaired) electrons. The van der Waals surface area contributed by atoms with E-state index in [-0.39, 0.29) is 30.5 Å². The van der Waals surface area contributed by atoms with Crippen molar-refractivity contribution in [2.75, 3.05) is 58.4 Å². The number of ether oxygens (including phenoxy) is 4. The van der Waals surface area contributed by atoms with Crippen molar-refractivity contribution in [1.29, 1.82) is 0 Å². The summed E-state index contributed by atoms with van der Waals surface area (Å²) >= 11 is 0. The van der Waals surface area contributed by atoms with Crippen molar-refractivity contribution in [3.63, 3.8) is 0 Å². The standard InChI is InChI=1S/C32H45N7O7/c1-7-39-25(19-22(2)36-39)28(40)35-30-34-24-20-23(29(41)43-6)21-26(45-16-10-12-37-14-17-44-18-15-37)27(24)38(30)13-9-8-11-33-31(42)46-32(3,4)5/h8-9,19-21H,7,10-18H2,1-6H3,(H,33,42)(H,34,35,40)/b9-8+. The molecule has 0 saturated carbocycles. The van der Waals surface area contributed by atoms with Gasteiger partial charge in [0, 0.05) is 39.3 Å². The van der Waals surface area contributed by atoms with Crippen molar-refractivity contribution in [2.24, 2.45) is 0 Å². The van der Waals surface area contributed by atoms with Crippen molar-refractivity contribution in [1.82, 2.24) is 29.5 Å². The molecule has 4 rings (SSSR count). The van der Waals surface area contributed by atoms with Crippen LogP contribution < -0.4 is 15.4 Å². The highest BCUT2D eigenvalue weighted by molar-refractivity contribution is 6.04. The van der Waals surface area contributed by atoms with Crippen LogP contribution in [0.15, 0.2) is 30.4 Å². The molecule has 0 spiro atoms. The van der Waals surface area contributed by atoms with Gasteiger partial charge in [0.25, 0.3) is 5.91 Å². The number of alkyl carbamates (subject to hydrolysis) is 1. The van der Waals surface area contributed by atoms with Gasteiger partial charge in [-0.25, -0.2) is 14.6 Å². The van der Waals surface area contributed by atoms with Crippen LogP contribution in [0.3, 0.4) is 0 Å². The summed E-state index contributed by atoms with van der Waals surface area (Å²) < 4.78 is 25.4. The van der Waals surface area contributed by atoms with Gasteiger partial charge in [0.05, 0.1) is 43.7 Å². The SMILES string of the molecule is CCn1nc(C)cc1C(=O)Nc1nc2cc(C(=O)OC)cc(OCCCN3CCOCC3)c2n1C/C=C/CNC(=O)OC(C)(C)C. The second-order valence-electron chi connectivity index (χ2n) is 11.8. The number of nitrogens with one attached hydrogen (secondary N) is 2. The average Bonchev–Trinajstić information content (AvgIpc) is 3.57. The van der Waals surface area contributed by atoms with Crippen LogP contribution in [0.1, 0.15) is 60.7 Å². The maximum atomic E-state index is 13.4. The van der Waals surface area contributed by atoms with Crippen LogP contribution in [0.5, 0.6) is 5.75 Å². The Kier molecular flexibility index (Phi) is 11.8. The predicted octanol–water partition coefficient (Wildman–Crippen LogP) is 3.78. The van der Waals surface area contributed by atoms with Crippen LogP contribution in [-0.4, -0.2) is 101 Å². The third-order valence-electron chi connectivity index (χ3n) is 7.09. The minimum atomic E-state index is -0.607. The van der Waals surface area contributed by atoms with Crippen molar-refractivity contribution >= 4 is 35.0 Å². The molecule has 250 valence electrons. The number of morpholine rings is 1. The number of carbonyl (C=O) groups excluding carboxylic acids is 3. The van der Waals surface area contributed by atoms with Crippen LogP contribution in [0.4, 0.5) is 10.7 Å². The smallest absolute Gasteiger partial charge is 0.407 e. The van der Waals surface area contributed by atoms with Crippen LogP contribution in [0, 0.1) is 6.92 Å². The third-order valence-corrected chi connectivity index (χ3v) is 7.09. The Morgan fingerprint density at radius 1 is 1.11 bits per heavy atom. The Morgan fingerprint density at radius 2 is 1.87 bits per heavy atom. The summed E-state index contributed by atoms with van der Waals surface area (Å²) in [7, 11) is 1.31. The number of aromatic nitrogens is 4. The molecule has 1 aliphatic rings. The first-order valence-electron chi connectivity index (χ1n) is 15.5. The molecule has 3 aromatic rings. The summed E-state index contributed by atoms with van der Waals surface area (Å²) in [6.07, 6.45) is 3.86. The number of nitrogens with zero attached hydrogens (tertiary/aromatic N) is 5. The first kappa shape index (κ1) is 34.4. The molecule has 3 heterocycles. The fraction of sp³-hybridized carbons (Fsp3) is 0.531. The summed E-state index contributed by atoms with van der Waals surface area (Å²) in [6, 6.07) is 4.96. The molecule has 1 saturated heterocycles. The molecular weight excluding hydrogens is 594 g/mol. The van der Waals surface area contributed by atoms with Gasteiger partial charge >= 0.3 is 12.1 Å². The summed E-state index contributed by atoms with van der Waals surface area (Å²) in [4.78, 5) is 45.1. The third kappa shape index (κ3) is 9.30. The molecule has 1 fully saturated rings. The van der Waals surface area contributed by atoms with E-state index in [9.17, 15) is 14.4 Å². The molecule has 46 heavy (non-hydrogen) atoms. The lowest BCUT2D eigenvalue weighted by atomic mass is 10.2. The second kappa shape index (κ2) is 15.7. The van der Waals surface area contributed by atoms with E-state index in [2.05, 4.69) is 20.6 Å². The van der Waals surface area contributed by atoms with Crippen LogP contribution in [0.2, 0.25) is 0 Å². The monoisotopic (exact) mass is 639 g/mol. The lowest BCUT2D eigenvalue weighted by Gasteiger charge is -2.26. The minimum Gasteiger partial charge on any atom is -0.491 e. The second-order valence-corrected chi connectivity index (χ2v) is 11.8. The van der Waals surface area contributed by atoms with Crippen molar-refractivity contribution in [3.05, 3.63) is 47.3 Å². The number of amides is 2. The Morgan fingerprint density at radius 3 is 2.57 bits per heavy atom. The topological polar surface area (TPSA) is 151 Å². The number of esters is 1. The zero-order valence-electron chi connectivity index (χ0n) is 27.6. The van der Waals surface area contributed by atoms with Gasteiger partial charge in [0.2, 0.25) is 5.95 Å². The van der Waals surface area contributed by atoms with Crippen molar-refractivity contribution < 1.29 is 33.3 Å². The zero-order valence-corrected chi connectivity index (χ0v) is 27.6. The van der Waals surface area contributed by atoms with Gasteiger partial charge in [-0.2, -0.15) is 5.10 Å². The van der Waals surface area contributed by atoms with Gasteiger partial charge in [0.1, 0.15) is 22.6 Å². The zero-order chi connectivity index (χ0) is 33.3. The molecule has 14 heteroatoms. The number of imidazole rings is 1. The number of hydrogen-bond acceptors (Lipinski definition) is 10. The van der Waals surface area contributed by atoms with Crippen LogP contribution >= 0.6 is 0 Å². The summed E-state index contributed by atoms with van der Waals surface area (Å²) in [5.41, 5.74) is 1.82. The Labute approximate surface area is 269 Å². The van der Waals surface area contributed by atoms with E-state index in [0.717, 1.165) is 45.0 Å². The highest BCUT2D eigenvalue weighted by atomic mass is 16.6. The lowest BCUT2D eigenvalue weighted by molar-refractivity contribution is 0.0358. The molecule has 2 aromatic heterocycles. The van der Waals surface area contributed by atoms with Gasteiger partial charge in [0.15, 0.2) is 0 Å². The molecule has 0 atom stereocenters. The molecule has 1 aliphatic heterocycles. The van der Waals surface area contributed by atoms with Gasteiger partial charge < -0.3 is 28.8 Å². The fourth-order valence-corrected chi connectivity index (χ4v) is 5.00. The van der Waals surface area contributed by atoms with E-state index in [1.165, 1.54) is 7.11 Å². The lowest BCUT2D eigenvalue weighted by Crippen LogP contribution is -2.37. The van der Waals surface area contributed by atoms with Crippen molar-refractivity contribution in [3.8, 4) is 5.75 Å². The van der Waals surface area contributed by atoms with Gasteiger partial charge in [-0.05, 0) is 59.2 Å². The maximum absolute atomic E-state index is 13.4. The molecule has 1 aromatic carbocycles. The number of hydrogen-bond donors (Lipinski definition) is 2. The number of methoxy groups -OCH3 is 1. The summed E-state index contributed by atoms with van der Waals surface area (Å²) in [5.74, 6) is -0.222. The van der Waals surface area contributed by atoms with E-state index >= 15 is 0 Å². The van der Waals surface area contributed by atoms with Crippen LogP contribution in [-0.2, 0) is 27.3 Å². The maximum Gasteiger partial charge on any atom is 0.407 e. The van der Waals surface area contributed by atoms with Crippen LogP contribution in [0.25, 0.3) is 11.0 Å². The van der Waals surface area contributed by atoms with E-state index in [0.29, 0.717) is 35.6 Å². The Balaban J connectivity index is 1.64. The number of aryl methyl sites for hydroxylation is 2. The van der Waals surface area contributed by atoms with Crippen molar-refractivity contribution in [2.45, 2.75) is 59.7 Å². The molecule has 2 amide bonds. The largest absolute Gasteiger partial charge is 0.491 e. The number of allylic oxidation sites excluding steroid dienone is 1. The number of rotatable bonds is 13. The minimum absolute atomic E-state index is 0.232. The first-order valence-corrected chi connectivity index (χ1v) is 15.5. The summed E-state index contributed by atoms with van der Waals surface area (Å²) in [5, 5.41) is 10.0. The number of benzene rings is 1. The molecule has 14 nitrogen and oxygen atoms in total. The summed E-state index contributed by atoms with van der Waals surface area (Å²) in [6.45, 7) is 14.6. The average molecular weight is 640 g/mol. The number of fused-ring (bicyclic) bond motifs is 1. The number of carbonyl (C=O) groups is 3. The molecular formula is C32H45N7O7. The molecule has 0 unspecified atom stereocenters. The molecule has 0 aliphatic carbocycles. The Bertz CT molecular complexity index is 1550. The van der Waals surface area contributed by atoms with Gasteiger partial charge in [-0.15, -0.1) is 0 Å². The normalized spacial score (nSPS) is 14.0. The first-order chi connectivity index (χ1) is 22.0. The van der Waals surface area contributed by atoms with Gasteiger partial charge in [-0.1, -0.05) is 12.2 Å². The highest BCUT2D eigenvalue weighted by Gasteiger charge is 2.22. The van der Waals surface area contributed by atoms with Gasteiger partial charge in [-0.3, -0.25) is 19.7 Å². The number of anilines is 1. The predicted molar refractivity (Wildman–Crippen MR) is 172 cm³/mol. The quantitative estimate of drug-likeness (QED) is 0.161. The fourth-order valence-electron chi connectivity index (χ4n) is 5.00.